The highest BCUT2D eigenvalue weighted by Crippen LogP contribution is 2.28. The van der Waals surface area contributed by atoms with Crippen molar-refractivity contribution in [1.82, 2.24) is 0 Å². The molecule has 7 heteroatoms. The van der Waals surface area contributed by atoms with Crippen molar-refractivity contribution in [2.45, 2.75) is 18.1 Å². The van der Waals surface area contributed by atoms with Gasteiger partial charge in [-0.15, -0.1) is 11.3 Å². The third kappa shape index (κ3) is 3.25. The molecule has 0 saturated carbocycles. The van der Waals surface area contributed by atoms with E-state index in [1.165, 1.54) is 4.31 Å². The lowest BCUT2D eigenvalue weighted by Crippen LogP contribution is -2.30. The summed E-state index contributed by atoms with van der Waals surface area (Å²) in [5.74, 6) is 0. The van der Waals surface area contributed by atoms with E-state index < -0.39 is 10.0 Å². The fraction of sp³-hybridized carbons (Fsp3) is 0.214. The summed E-state index contributed by atoms with van der Waals surface area (Å²) in [6.45, 7) is 4.09. The van der Waals surface area contributed by atoms with Gasteiger partial charge in [-0.25, -0.2) is 8.42 Å². The quantitative estimate of drug-likeness (QED) is 0.850. The minimum absolute atomic E-state index is 0.208. The summed E-state index contributed by atoms with van der Waals surface area (Å²) in [5, 5.41) is 0. The predicted octanol–water partition coefficient (Wildman–Crippen LogP) is 2.91. The third-order valence-corrected chi connectivity index (χ3v) is 6.78. The molecule has 0 amide bonds. The molecule has 1 heterocycles. The van der Waals surface area contributed by atoms with E-state index in [2.05, 4.69) is 0 Å². The van der Waals surface area contributed by atoms with Crippen LogP contribution in [-0.2, 0) is 10.0 Å². The van der Waals surface area contributed by atoms with E-state index in [-0.39, 0.29) is 9.20 Å². The number of nitrogens with zero attached hydrogens (tertiary/aromatic N) is 1. The van der Waals surface area contributed by atoms with Gasteiger partial charge < -0.3 is 5.73 Å². The molecule has 0 aliphatic rings. The van der Waals surface area contributed by atoms with Gasteiger partial charge in [-0.05, 0) is 43.7 Å². The molecule has 4 nitrogen and oxygen atoms in total. The first-order valence-corrected chi connectivity index (χ1v) is 9.01. The summed E-state index contributed by atoms with van der Waals surface area (Å²) in [6.07, 6.45) is 0. The number of hydrogen-bond donors (Lipinski definition) is 1. The molecule has 112 valence electrons. The summed E-state index contributed by atoms with van der Waals surface area (Å²) in [7, 11) is -3.60. The second-order valence-corrected chi connectivity index (χ2v) is 8.10. The Morgan fingerprint density at radius 1 is 1.33 bits per heavy atom. The first-order valence-electron chi connectivity index (χ1n) is 6.35. The molecule has 0 unspecified atom stereocenters. The third-order valence-electron chi connectivity index (χ3n) is 2.95. The Labute approximate surface area is 134 Å². The number of thiophene rings is 1. The van der Waals surface area contributed by atoms with Crippen molar-refractivity contribution in [3.63, 3.8) is 0 Å². The monoisotopic (exact) mass is 340 g/mol. The van der Waals surface area contributed by atoms with Crippen molar-refractivity contribution in [1.29, 1.82) is 0 Å². The minimum atomic E-state index is -3.60. The summed E-state index contributed by atoms with van der Waals surface area (Å²) in [6, 6.07) is 10.6. The van der Waals surface area contributed by atoms with Gasteiger partial charge in [-0.2, -0.15) is 0 Å². The number of hydrogen-bond acceptors (Lipinski definition) is 4. The molecular formula is C14H16N2O2S3. The van der Waals surface area contributed by atoms with E-state index in [1.807, 2.05) is 32.0 Å². The van der Waals surface area contributed by atoms with E-state index in [4.69, 9.17) is 18.0 Å². The smallest absolute Gasteiger partial charge is 0.273 e. The van der Waals surface area contributed by atoms with Crippen LogP contribution < -0.4 is 10.0 Å². The van der Waals surface area contributed by atoms with Crippen molar-refractivity contribution in [2.24, 2.45) is 5.73 Å². The zero-order valence-corrected chi connectivity index (χ0v) is 14.2. The summed E-state index contributed by atoms with van der Waals surface area (Å²) in [5.41, 5.74) is 7.21. The van der Waals surface area contributed by atoms with Gasteiger partial charge in [0.2, 0.25) is 0 Å². The zero-order chi connectivity index (χ0) is 15.6. The number of sulfonamides is 1. The van der Waals surface area contributed by atoms with Gasteiger partial charge in [0.05, 0.1) is 10.6 Å². The van der Waals surface area contributed by atoms with Crippen LogP contribution in [-0.4, -0.2) is 20.0 Å². The van der Waals surface area contributed by atoms with E-state index in [1.54, 1.807) is 18.2 Å². The summed E-state index contributed by atoms with van der Waals surface area (Å²) in [4.78, 5) is 0.809. The van der Waals surface area contributed by atoms with E-state index >= 15 is 0 Å². The largest absolute Gasteiger partial charge is 0.389 e. The molecule has 0 aliphatic heterocycles. The number of aryl methyl sites for hydroxylation is 1. The van der Waals surface area contributed by atoms with Gasteiger partial charge in [0.15, 0.2) is 0 Å². The van der Waals surface area contributed by atoms with Crippen molar-refractivity contribution in [2.75, 3.05) is 10.8 Å². The predicted molar refractivity (Wildman–Crippen MR) is 91.6 cm³/mol. The average molecular weight is 340 g/mol. The Kier molecular flexibility index (Phi) is 4.65. The molecule has 0 saturated heterocycles. The maximum atomic E-state index is 12.8. The zero-order valence-electron chi connectivity index (χ0n) is 11.7. The van der Waals surface area contributed by atoms with E-state index in [0.29, 0.717) is 17.1 Å². The lowest BCUT2D eigenvalue weighted by molar-refractivity contribution is 0.594. The summed E-state index contributed by atoms with van der Waals surface area (Å²) < 4.78 is 27.2. The Hall–Kier alpha value is -1.44. The molecule has 1 aromatic heterocycles. The van der Waals surface area contributed by atoms with Gasteiger partial charge in [0.1, 0.15) is 9.20 Å². The maximum absolute atomic E-state index is 12.8. The highest BCUT2D eigenvalue weighted by molar-refractivity contribution is 7.94. The molecule has 2 aromatic rings. The minimum Gasteiger partial charge on any atom is -0.389 e. The second-order valence-electron chi connectivity index (χ2n) is 4.49. The first-order chi connectivity index (χ1) is 9.86. The molecular weight excluding hydrogens is 324 g/mol. The topological polar surface area (TPSA) is 63.4 Å². The van der Waals surface area contributed by atoms with Crippen LogP contribution in [0.5, 0.6) is 0 Å². The van der Waals surface area contributed by atoms with E-state index in [9.17, 15) is 8.42 Å². The molecule has 0 aliphatic carbocycles. The number of anilines is 1. The normalized spacial score (nSPS) is 11.3. The Balaban J connectivity index is 2.46. The van der Waals surface area contributed by atoms with Crippen LogP contribution in [0.4, 0.5) is 5.69 Å². The highest BCUT2D eigenvalue weighted by Gasteiger charge is 2.25. The Bertz CT molecular complexity index is 766. The fourth-order valence-electron chi connectivity index (χ4n) is 1.97. The number of nitrogens with two attached hydrogens (primary N) is 1. The van der Waals surface area contributed by atoms with Crippen LogP contribution in [0.15, 0.2) is 40.6 Å². The van der Waals surface area contributed by atoms with Crippen molar-refractivity contribution < 1.29 is 8.42 Å². The SMILES string of the molecule is CCN(c1cccc(C)c1)S(=O)(=O)c1ccc(C(N)=S)s1. The molecule has 0 fully saturated rings. The Morgan fingerprint density at radius 2 is 2.05 bits per heavy atom. The van der Waals surface area contributed by atoms with Crippen LogP contribution in [0.25, 0.3) is 0 Å². The van der Waals surface area contributed by atoms with Crippen LogP contribution in [0.2, 0.25) is 0 Å². The molecule has 0 spiro atoms. The number of rotatable bonds is 5. The van der Waals surface area contributed by atoms with Gasteiger partial charge in [0, 0.05) is 6.54 Å². The van der Waals surface area contributed by atoms with Gasteiger partial charge in [0.25, 0.3) is 10.0 Å². The molecule has 0 radical (unpaired) electrons. The van der Waals surface area contributed by atoms with Gasteiger partial charge in [-0.1, -0.05) is 24.4 Å². The van der Waals surface area contributed by atoms with Crippen LogP contribution in [0.3, 0.4) is 0 Å². The molecule has 2 rings (SSSR count). The maximum Gasteiger partial charge on any atom is 0.273 e. The van der Waals surface area contributed by atoms with Gasteiger partial charge in [-0.3, -0.25) is 4.31 Å². The Morgan fingerprint density at radius 3 is 2.57 bits per heavy atom. The number of thiocarbonyl (C=S) groups is 1. The van der Waals surface area contributed by atoms with E-state index in [0.717, 1.165) is 16.9 Å². The summed E-state index contributed by atoms with van der Waals surface area (Å²) >= 11 is 5.98. The average Bonchev–Trinajstić information content (AvgIpc) is 2.89. The lowest BCUT2D eigenvalue weighted by atomic mass is 10.2. The number of benzene rings is 1. The molecule has 2 N–H and O–H groups in total. The van der Waals surface area contributed by atoms with Crippen LogP contribution in [0.1, 0.15) is 17.4 Å². The molecule has 21 heavy (non-hydrogen) atoms. The molecule has 1 aromatic carbocycles. The van der Waals surface area contributed by atoms with Crippen LogP contribution >= 0.6 is 23.6 Å². The van der Waals surface area contributed by atoms with Crippen molar-refractivity contribution >= 4 is 44.3 Å². The lowest BCUT2D eigenvalue weighted by Gasteiger charge is -2.22. The van der Waals surface area contributed by atoms with Crippen molar-refractivity contribution in [3.05, 3.63) is 46.8 Å². The second kappa shape index (κ2) is 6.13. The molecule has 0 atom stereocenters. The fourth-order valence-corrected chi connectivity index (χ4v) is 4.91. The highest BCUT2D eigenvalue weighted by atomic mass is 32.2. The first kappa shape index (κ1) is 15.9. The van der Waals surface area contributed by atoms with Crippen molar-refractivity contribution in [3.8, 4) is 0 Å². The molecule has 0 bridgehead atoms. The standard InChI is InChI=1S/C14H16N2O2S3/c1-3-16(11-6-4-5-10(2)9-11)21(17,18)13-8-7-12(20-13)14(15)19/h4-9H,3H2,1-2H3,(H2,15,19). The van der Waals surface area contributed by atoms with Gasteiger partial charge >= 0.3 is 0 Å². The van der Waals surface area contributed by atoms with Crippen LogP contribution in [0, 0.1) is 6.92 Å².